The number of H-pyrrole nitrogens is 1. The summed E-state index contributed by atoms with van der Waals surface area (Å²) in [5.41, 5.74) is 3.07. The molecule has 1 saturated carbocycles. The summed E-state index contributed by atoms with van der Waals surface area (Å²) < 4.78 is 0. The van der Waals surface area contributed by atoms with Crippen molar-refractivity contribution in [3.63, 3.8) is 0 Å². The molecule has 4 rings (SSSR count). The van der Waals surface area contributed by atoms with Crippen LogP contribution in [-0.4, -0.2) is 33.9 Å². The first-order valence-electron chi connectivity index (χ1n) is 8.68. The topological polar surface area (TPSA) is 111 Å². The number of rotatable bonds is 4. The van der Waals surface area contributed by atoms with Crippen LogP contribution in [-0.2, 0) is 11.2 Å². The zero-order chi connectivity index (χ0) is 18.3. The van der Waals surface area contributed by atoms with Crippen LogP contribution in [0.3, 0.4) is 0 Å². The number of nitrogens with one attached hydrogen (secondary N) is 3. The first-order chi connectivity index (χ1) is 12.5. The van der Waals surface area contributed by atoms with E-state index >= 15 is 0 Å². The van der Waals surface area contributed by atoms with Gasteiger partial charge in [0.15, 0.2) is 0 Å². The maximum Gasteiger partial charge on any atom is 0.335 e. The largest absolute Gasteiger partial charge is 0.478 e. The third-order valence-electron chi connectivity index (χ3n) is 4.94. The van der Waals surface area contributed by atoms with Crippen LogP contribution < -0.4 is 10.6 Å². The third kappa shape index (κ3) is 3.08. The summed E-state index contributed by atoms with van der Waals surface area (Å²) in [5, 5.41) is 14.7. The molecule has 1 fully saturated rings. The van der Waals surface area contributed by atoms with Gasteiger partial charge in [0, 0.05) is 17.6 Å². The van der Waals surface area contributed by atoms with E-state index in [1.165, 1.54) is 6.07 Å². The lowest BCUT2D eigenvalue weighted by atomic mass is 10.0. The van der Waals surface area contributed by atoms with Crippen LogP contribution in [0.2, 0.25) is 0 Å². The molecule has 4 N–H and O–H groups in total. The number of carboxylic acids is 1. The lowest BCUT2D eigenvalue weighted by Gasteiger charge is -2.15. The summed E-state index contributed by atoms with van der Waals surface area (Å²) in [5.74, 6) is -1.14. The number of carbonyl (C=O) groups is 3. The molecule has 134 valence electrons. The van der Waals surface area contributed by atoms with Gasteiger partial charge in [0.05, 0.1) is 11.1 Å². The van der Waals surface area contributed by atoms with E-state index < -0.39 is 12.0 Å². The van der Waals surface area contributed by atoms with Crippen molar-refractivity contribution in [1.29, 1.82) is 0 Å². The first kappa shape index (κ1) is 16.4. The van der Waals surface area contributed by atoms with Gasteiger partial charge in [-0.15, -0.1) is 0 Å². The van der Waals surface area contributed by atoms with Crippen molar-refractivity contribution in [1.82, 2.24) is 10.3 Å². The Kier molecular flexibility index (Phi) is 3.99. The summed E-state index contributed by atoms with van der Waals surface area (Å²) in [4.78, 5) is 39.3. The van der Waals surface area contributed by atoms with Crippen molar-refractivity contribution in [2.24, 2.45) is 0 Å². The normalized spacial score (nSPS) is 19.2. The standard InChI is InChI=1S/C19H19N3O4/c23-17(13-7-8-20-16(13)10-1-2-10)22-15-6-3-11-9-12(19(25)26)4-5-14(11)21-18(15)24/h4-5,7-10,15,20H,1-3,6H2,(H,21,24)(H,22,23)(H,25,26). The lowest BCUT2D eigenvalue weighted by molar-refractivity contribution is -0.118. The average molecular weight is 353 g/mol. The number of aromatic carboxylic acids is 1. The van der Waals surface area contributed by atoms with Gasteiger partial charge in [0.25, 0.3) is 5.91 Å². The van der Waals surface area contributed by atoms with Gasteiger partial charge in [-0.25, -0.2) is 4.79 Å². The van der Waals surface area contributed by atoms with Crippen LogP contribution in [0.5, 0.6) is 0 Å². The predicted molar refractivity (Wildman–Crippen MR) is 94.4 cm³/mol. The monoisotopic (exact) mass is 353 g/mol. The highest BCUT2D eigenvalue weighted by atomic mass is 16.4. The van der Waals surface area contributed by atoms with Crippen LogP contribution in [0.25, 0.3) is 0 Å². The van der Waals surface area contributed by atoms with Crippen LogP contribution in [0, 0.1) is 0 Å². The Morgan fingerprint density at radius 2 is 1.96 bits per heavy atom. The van der Waals surface area contributed by atoms with Gasteiger partial charge in [-0.1, -0.05) is 0 Å². The second-order valence-electron chi connectivity index (χ2n) is 6.81. The predicted octanol–water partition coefficient (Wildman–Crippen LogP) is 2.27. The van der Waals surface area contributed by atoms with E-state index in [2.05, 4.69) is 15.6 Å². The molecule has 2 amide bonds. The number of anilines is 1. The second kappa shape index (κ2) is 6.33. The minimum absolute atomic E-state index is 0.182. The number of aryl methyl sites for hydroxylation is 1. The fourth-order valence-electron chi connectivity index (χ4n) is 3.37. The summed E-state index contributed by atoms with van der Waals surface area (Å²) in [6, 6.07) is 5.70. The fraction of sp³-hybridized carbons (Fsp3) is 0.316. The van der Waals surface area contributed by atoms with E-state index in [-0.39, 0.29) is 17.4 Å². The highest BCUT2D eigenvalue weighted by molar-refractivity contribution is 6.02. The van der Waals surface area contributed by atoms with Crippen LogP contribution in [0.4, 0.5) is 5.69 Å². The van der Waals surface area contributed by atoms with Gasteiger partial charge in [-0.05, 0) is 61.4 Å². The Morgan fingerprint density at radius 1 is 1.15 bits per heavy atom. The molecular formula is C19H19N3O4. The van der Waals surface area contributed by atoms with Crippen LogP contribution in [0.15, 0.2) is 30.5 Å². The first-order valence-corrected chi connectivity index (χ1v) is 8.68. The molecule has 2 aromatic rings. The molecular weight excluding hydrogens is 334 g/mol. The maximum atomic E-state index is 12.6. The maximum absolute atomic E-state index is 12.6. The Bertz CT molecular complexity index is 898. The number of hydrogen-bond acceptors (Lipinski definition) is 3. The van der Waals surface area contributed by atoms with E-state index in [1.54, 1.807) is 24.4 Å². The zero-order valence-electron chi connectivity index (χ0n) is 14.0. The summed E-state index contributed by atoms with van der Waals surface area (Å²) in [6.07, 6.45) is 4.82. The second-order valence-corrected chi connectivity index (χ2v) is 6.81. The highest BCUT2D eigenvalue weighted by Gasteiger charge is 2.31. The van der Waals surface area contributed by atoms with Crippen molar-refractivity contribution in [3.8, 4) is 0 Å². The van der Waals surface area contributed by atoms with Crippen molar-refractivity contribution >= 4 is 23.5 Å². The average Bonchev–Trinajstić information content (AvgIpc) is 3.37. The molecule has 0 bridgehead atoms. The van der Waals surface area contributed by atoms with E-state index in [4.69, 9.17) is 5.11 Å². The smallest absolute Gasteiger partial charge is 0.335 e. The molecule has 26 heavy (non-hydrogen) atoms. The van der Waals surface area contributed by atoms with Gasteiger partial charge in [-0.2, -0.15) is 0 Å². The number of benzene rings is 1. The van der Waals surface area contributed by atoms with Gasteiger partial charge in [-0.3, -0.25) is 9.59 Å². The number of carboxylic acid groups (broad SMARTS) is 1. The van der Waals surface area contributed by atoms with Gasteiger partial charge in [0.1, 0.15) is 6.04 Å². The molecule has 1 aromatic carbocycles. The van der Waals surface area contributed by atoms with Gasteiger partial charge in [0.2, 0.25) is 5.91 Å². The van der Waals surface area contributed by atoms with Crippen molar-refractivity contribution in [2.75, 3.05) is 5.32 Å². The quantitative estimate of drug-likeness (QED) is 0.675. The molecule has 7 heteroatoms. The van der Waals surface area contributed by atoms with E-state index in [9.17, 15) is 14.4 Å². The lowest BCUT2D eigenvalue weighted by Crippen LogP contribution is -2.43. The minimum atomic E-state index is -1.01. The Morgan fingerprint density at radius 3 is 2.69 bits per heavy atom. The molecule has 1 unspecified atom stereocenters. The van der Waals surface area contributed by atoms with E-state index in [1.807, 2.05) is 0 Å². The molecule has 0 saturated heterocycles. The van der Waals surface area contributed by atoms with Gasteiger partial charge < -0.3 is 20.7 Å². The molecule has 0 radical (unpaired) electrons. The molecule has 1 atom stereocenters. The molecule has 2 aliphatic rings. The summed E-state index contributed by atoms with van der Waals surface area (Å²) in [6.45, 7) is 0. The Labute approximate surface area is 149 Å². The van der Waals surface area contributed by atoms with Crippen LogP contribution >= 0.6 is 0 Å². The Balaban J connectivity index is 1.50. The molecule has 1 aliphatic carbocycles. The fourth-order valence-corrected chi connectivity index (χ4v) is 3.37. The molecule has 2 heterocycles. The SMILES string of the molecule is O=C(O)c1ccc2c(c1)CCC(NC(=O)c1cc[nH]c1C1CC1)C(=O)N2. The third-order valence-corrected chi connectivity index (χ3v) is 4.94. The molecule has 7 nitrogen and oxygen atoms in total. The van der Waals surface area contributed by atoms with E-state index in [0.717, 1.165) is 24.1 Å². The number of hydrogen-bond donors (Lipinski definition) is 4. The zero-order valence-corrected chi connectivity index (χ0v) is 14.0. The Hall–Kier alpha value is -3.09. The molecule has 1 aromatic heterocycles. The number of carbonyl (C=O) groups excluding carboxylic acids is 2. The number of aromatic nitrogens is 1. The summed E-state index contributed by atoms with van der Waals surface area (Å²) >= 11 is 0. The minimum Gasteiger partial charge on any atom is -0.478 e. The van der Waals surface area contributed by atoms with Gasteiger partial charge >= 0.3 is 5.97 Å². The van der Waals surface area contributed by atoms with Crippen molar-refractivity contribution in [3.05, 3.63) is 52.8 Å². The van der Waals surface area contributed by atoms with Crippen molar-refractivity contribution in [2.45, 2.75) is 37.6 Å². The highest BCUT2D eigenvalue weighted by Crippen LogP contribution is 2.40. The number of amides is 2. The van der Waals surface area contributed by atoms with E-state index in [0.29, 0.717) is 30.0 Å². The van der Waals surface area contributed by atoms with Crippen molar-refractivity contribution < 1.29 is 19.5 Å². The summed E-state index contributed by atoms with van der Waals surface area (Å²) in [7, 11) is 0. The molecule has 1 aliphatic heterocycles. The number of aromatic amines is 1. The molecule has 0 spiro atoms. The number of fused-ring (bicyclic) bond motifs is 1. The van der Waals surface area contributed by atoms with Crippen LogP contribution in [0.1, 0.15) is 57.2 Å².